The molecule has 6 nitrogen and oxygen atoms in total. The van der Waals surface area contributed by atoms with Crippen LogP contribution in [-0.2, 0) is 17.6 Å². The minimum atomic E-state index is -0.0835. The molecule has 0 spiro atoms. The SMILES string of the molecule is CCNC(=S)N1CCc2cc(OC)c(OC)cc2C1CNC(=O)Cc1ccccc1. The van der Waals surface area contributed by atoms with Crippen LogP contribution in [0.1, 0.15) is 29.7 Å². The average Bonchev–Trinajstić information content (AvgIpc) is 2.77. The van der Waals surface area contributed by atoms with Gasteiger partial charge in [-0.3, -0.25) is 4.79 Å². The molecule has 30 heavy (non-hydrogen) atoms. The van der Waals surface area contributed by atoms with Crippen LogP contribution in [0.2, 0.25) is 0 Å². The van der Waals surface area contributed by atoms with Gasteiger partial charge in [0.05, 0.1) is 26.7 Å². The maximum atomic E-state index is 12.6. The monoisotopic (exact) mass is 427 g/mol. The summed E-state index contributed by atoms with van der Waals surface area (Å²) in [6.07, 6.45) is 1.19. The molecule has 2 aromatic carbocycles. The Bertz CT molecular complexity index is 889. The van der Waals surface area contributed by atoms with Gasteiger partial charge >= 0.3 is 0 Å². The molecule has 1 aliphatic heterocycles. The quantitative estimate of drug-likeness (QED) is 0.663. The first-order valence-electron chi connectivity index (χ1n) is 10.2. The van der Waals surface area contributed by atoms with E-state index in [1.54, 1.807) is 14.2 Å². The van der Waals surface area contributed by atoms with Crippen LogP contribution in [-0.4, -0.2) is 49.8 Å². The van der Waals surface area contributed by atoms with Crippen molar-refractivity contribution < 1.29 is 14.3 Å². The van der Waals surface area contributed by atoms with Gasteiger partial charge < -0.3 is 25.0 Å². The van der Waals surface area contributed by atoms with Crippen LogP contribution in [0.4, 0.5) is 0 Å². The molecule has 0 bridgehead atoms. The van der Waals surface area contributed by atoms with Gasteiger partial charge in [0.15, 0.2) is 16.6 Å². The molecule has 0 radical (unpaired) electrons. The highest BCUT2D eigenvalue weighted by Crippen LogP contribution is 2.38. The second-order valence-electron chi connectivity index (χ2n) is 7.17. The third kappa shape index (κ3) is 5.02. The number of ether oxygens (including phenoxy) is 2. The Morgan fingerprint density at radius 1 is 1.13 bits per heavy atom. The normalized spacial score (nSPS) is 15.2. The molecule has 1 heterocycles. The first-order chi connectivity index (χ1) is 14.6. The standard InChI is InChI=1S/C23H29N3O3S/c1-4-24-23(30)26-11-10-17-13-20(28-2)21(29-3)14-18(17)19(26)15-25-22(27)12-16-8-6-5-7-9-16/h5-9,13-14,19H,4,10-12,15H2,1-3H3,(H,24,30)(H,25,27). The molecule has 1 aliphatic rings. The summed E-state index contributed by atoms with van der Waals surface area (Å²) in [4.78, 5) is 14.7. The van der Waals surface area contributed by atoms with Gasteiger partial charge in [-0.15, -0.1) is 0 Å². The molecule has 0 saturated heterocycles. The highest BCUT2D eigenvalue weighted by atomic mass is 32.1. The Labute approximate surface area is 183 Å². The van der Waals surface area contributed by atoms with Crippen LogP contribution in [0.5, 0.6) is 11.5 Å². The van der Waals surface area contributed by atoms with Gasteiger partial charge in [-0.2, -0.15) is 0 Å². The van der Waals surface area contributed by atoms with Gasteiger partial charge in [0, 0.05) is 19.6 Å². The van der Waals surface area contributed by atoms with E-state index in [-0.39, 0.29) is 11.9 Å². The van der Waals surface area contributed by atoms with Gasteiger partial charge in [0.2, 0.25) is 5.91 Å². The van der Waals surface area contributed by atoms with Crippen molar-refractivity contribution in [2.75, 3.05) is 33.9 Å². The summed E-state index contributed by atoms with van der Waals surface area (Å²) < 4.78 is 11.0. The summed E-state index contributed by atoms with van der Waals surface area (Å²) in [7, 11) is 3.27. The third-order valence-electron chi connectivity index (χ3n) is 5.29. The minimum absolute atomic E-state index is 0.0110. The largest absolute Gasteiger partial charge is 0.493 e. The molecule has 1 atom stereocenters. The molecule has 160 valence electrons. The Morgan fingerprint density at radius 3 is 2.50 bits per heavy atom. The van der Waals surface area contributed by atoms with Gasteiger partial charge in [-0.05, 0) is 54.4 Å². The van der Waals surface area contributed by atoms with Crippen molar-refractivity contribution in [3.63, 3.8) is 0 Å². The Balaban J connectivity index is 1.83. The van der Waals surface area contributed by atoms with E-state index < -0.39 is 0 Å². The highest BCUT2D eigenvalue weighted by Gasteiger charge is 2.30. The summed E-state index contributed by atoms with van der Waals surface area (Å²) in [5, 5.41) is 7.03. The lowest BCUT2D eigenvalue weighted by Crippen LogP contribution is -2.49. The number of nitrogens with one attached hydrogen (secondary N) is 2. The van der Waals surface area contributed by atoms with E-state index in [2.05, 4.69) is 15.5 Å². The van der Waals surface area contributed by atoms with E-state index in [4.69, 9.17) is 21.7 Å². The topological polar surface area (TPSA) is 62.8 Å². The fraction of sp³-hybridized carbons (Fsp3) is 0.391. The van der Waals surface area contributed by atoms with Crippen molar-refractivity contribution in [3.8, 4) is 11.5 Å². The van der Waals surface area contributed by atoms with Gasteiger partial charge in [-0.1, -0.05) is 30.3 Å². The molecule has 0 aromatic heterocycles. The number of nitrogens with zero attached hydrogens (tertiary/aromatic N) is 1. The number of carbonyl (C=O) groups excluding carboxylic acids is 1. The molecule has 7 heteroatoms. The number of hydrogen-bond acceptors (Lipinski definition) is 4. The molecule has 3 rings (SSSR count). The third-order valence-corrected chi connectivity index (χ3v) is 5.67. The zero-order chi connectivity index (χ0) is 21.5. The molecule has 0 saturated carbocycles. The first-order valence-corrected chi connectivity index (χ1v) is 10.6. The fourth-order valence-corrected chi connectivity index (χ4v) is 4.16. The summed E-state index contributed by atoms with van der Waals surface area (Å²) in [5.41, 5.74) is 3.27. The van der Waals surface area contributed by atoms with Gasteiger partial charge in [-0.25, -0.2) is 0 Å². The number of thiocarbonyl (C=S) groups is 1. The smallest absolute Gasteiger partial charge is 0.224 e. The molecular weight excluding hydrogens is 398 g/mol. The predicted octanol–water partition coefficient (Wildman–Crippen LogP) is 2.86. The lowest BCUT2D eigenvalue weighted by atomic mass is 9.92. The second-order valence-corrected chi connectivity index (χ2v) is 7.55. The predicted molar refractivity (Wildman–Crippen MR) is 122 cm³/mol. The number of carbonyl (C=O) groups is 1. The van der Waals surface area contributed by atoms with Crippen molar-refractivity contribution in [1.29, 1.82) is 0 Å². The molecule has 0 fully saturated rings. The second kappa shape index (κ2) is 10.3. The fourth-order valence-electron chi connectivity index (χ4n) is 3.80. The Hall–Kier alpha value is -2.80. The van der Waals surface area contributed by atoms with E-state index in [1.165, 1.54) is 5.56 Å². The van der Waals surface area contributed by atoms with Crippen LogP contribution in [0.3, 0.4) is 0 Å². The van der Waals surface area contributed by atoms with Crippen molar-refractivity contribution in [2.45, 2.75) is 25.8 Å². The lowest BCUT2D eigenvalue weighted by molar-refractivity contribution is -0.120. The van der Waals surface area contributed by atoms with Gasteiger partial charge in [0.25, 0.3) is 0 Å². The highest BCUT2D eigenvalue weighted by molar-refractivity contribution is 7.80. The number of fused-ring (bicyclic) bond motifs is 1. The number of rotatable bonds is 7. The summed E-state index contributed by atoms with van der Waals surface area (Å²) in [5.74, 6) is 1.38. The number of amides is 1. The van der Waals surface area contributed by atoms with E-state index in [9.17, 15) is 4.79 Å². The minimum Gasteiger partial charge on any atom is -0.493 e. The molecule has 1 amide bonds. The van der Waals surface area contributed by atoms with Crippen LogP contribution < -0.4 is 20.1 Å². The molecule has 2 aromatic rings. The Kier molecular flexibility index (Phi) is 7.52. The zero-order valence-electron chi connectivity index (χ0n) is 17.7. The number of benzene rings is 2. The maximum Gasteiger partial charge on any atom is 0.224 e. The van der Waals surface area contributed by atoms with Crippen molar-refractivity contribution in [1.82, 2.24) is 15.5 Å². The van der Waals surface area contributed by atoms with Crippen LogP contribution >= 0.6 is 12.2 Å². The first kappa shape index (κ1) is 21.9. The van der Waals surface area contributed by atoms with Crippen LogP contribution in [0.25, 0.3) is 0 Å². The van der Waals surface area contributed by atoms with Crippen molar-refractivity contribution in [3.05, 3.63) is 59.2 Å². The molecule has 2 N–H and O–H groups in total. The van der Waals surface area contributed by atoms with Gasteiger partial charge in [0.1, 0.15) is 0 Å². The Morgan fingerprint density at radius 2 is 1.83 bits per heavy atom. The number of methoxy groups -OCH3 is 2. The van der Waals surface area contributed by atoms with E-state index in [0.717, 1.165) is 30.6 Å². The number of hydrogen-bond donors (Lipinski definition) is 2. The maximum absolute atomic E-state index is 12.6. The molecular formula is C23H29N3O3S. The van der Waals surface area contributed by atoms with E-state index >= 15 is 0 Å². The summed E-state index contributed by atoms with van der Waals surface area (Å²) in [6.45, 7) is 4.00. The summed E-state index contributed by atoms with van der Waals surface area (Å²) in [6, 6.07) is 13.7. The molecule has 0 aliphatic carbocycles. The summed E-state index contributed by atoms with van der Waals surface area (Å²) >= 11 is 5.62. The van der Waals surface area contributed by atoms with Crippen molar-refractivity contribution in [2.24, 2.45) is 0 Å². The van der Waals surface area contributed by atoms with Crippen molar-refractivity contribution >= 4 is 23.2 Å². The average molecular weight is 428 g/mol. The van der Waals surface area contributed by atoms with E-state index in [1.807, 2.05) is 49.4 Å². The zero-order valence-corrected chi connectivity index (χ0v) is 18.6. The molecule has 1 unspecified atom stereocenters. The lowest BCUT2D eigenvalue weighted by Gasteiger charge is -2.39. The van der Waals surface area contributed by atoms with Crippen LogP contribution in [0.15, 0.2) is 42.5 Å². The van der Waals surface area contributed by atoms with Crippen LogP contribution in [0, 0.1) is 0 Å². The van der Waals surface area contributed by atoms with E-state index in [0.29, 0.717) is 29.6 Å².